The molecule has 0 spiro atoms. The second-order valence-corrected chi connectivity index (χ2v) is 5.51. The molecule has 1 heterocycles. The number of hydrogen-bond acceptors (Lipinski definition) is 3. The van der Waals surface area contributed by atoms with E-state index in [1.54, 1.807) is 25.3 Å². The molecule has 1 aliphatic rings. The number of nitrogens with zero attached hydrogens (tertiary/aromatic N) is 1. The first kappa shape index (κ1) is 14.9. The van der Waals surface area contributed by atoms with Crippen molar-refractivity contribution in [3.8, 4) is 5.75 Å². The second-order valence-electron chi connectivity index (χ2n) is 5.51. The summed E-state index contributed by atoms with van der Waals surface area (Å²) < 4.78 is 5.35. The van der Waals surface area contributed by atoms with Crippen molar-refractivity contribution >= 4 is 5.97 Å². The minimum absolute atomic E-state index is 0.324. The number of ether oxygens (including phenoxy) is 1. The highest BCUT2D eigenvalue weighted by atomic mass is 16.5. The van der Waals surface area contributed by atoms with E-state index in [1.165, 1.54) is 19.3 Å². The smallest absolute Gasteiger partial charge is 0.335 e. The number of hydrogen-bond donors (Lipinski definition) is 1. The van der Waals surface area contributed by atoms with Crippen LogP contribution in [0, 0.1) is 5.92 Å². The number of rotatable bonds is 6. The predicted molar refractivity (Wildman–Crippen MR) is 78.2 cm³/mol. The first-order valence-corrected chi connectivity index (χ1v) is 7.26. The monoisotopic (exact) mass is 277 g/mol. The average Bonchev–Trinajstić information content (AvgIpc) is 2.86. The Morgan fingerprint density at radius 3 is 2.95 bits per heavy atom. The molecule has 1 unspecified atom stereocenters. The Kier molecular flexibility index (Phi) is 5.01. The van der Waals surface area contributed by atoms with Gasteiger partial charge in [0.1, 0.15) is 5.75 Å². The van der Waals surface area contributed by atoms with Crippen LogP contribution in [0.3, 0.4) is 0 Å². The maximum Gasteiger partial charge on any atom is 0.335 e. The van der Waals surface area contributed by atoms with Crippen LogP contribution in [0.25, 0.3) is 0 Å². The summed E-state index contributed by atoms with van der Waals surface area (Å²) in [5.41, 5.74) is 1.29. The van der Waals surface area contributed by atoms with Crippen LogP contribution in [0.4, 0.5) is 0 Å². The minimum Gasteiger partial charge on any atom is -0.496 e. The molecule has 0 radical (unpaired) electrons. The lowest BCUT2D eigenvalue weighted by Crippen LogP contribution is -2.20. The van der Waals surface area contributed by atoms with Crippen LogP contribution in [0.2, 0.25) is 0 Å². The first-order chi connectivity index (χ1) is 9.63. The molecule has 2 rings (SSSR count). The number of methoxy groups -OCH3 is 1. The number of carboxylic acid groups (broad SMARTS) is 1. The van der Waals surface area contributed by atoms with Crippen LogP contribution in [-0.4, -0.2) is 36.2 Å². The van der Waals surface area contributed by atoms with Gasteiger partial charge in [0.25, 0.3) is 0 Å². The number of benzene rings is 1. The Morgan fingerprint density at radius 2 is 2.30 bits per heavy atom. The molecule has 1 atom stereocenters. The molecule has 0 amide bonds. The highest BCUT2D eigenvalue weighted by Gasteiger charge is 2.22. The molecule has 1 saturated heterocycles. The van der Waals surface area contributed by atoms with Crippen molar-refractivity contribution in [3.63, 3.8) is 0 Å². The van der Waals surface area contributed by atoms with Crippen molar-refractivity contribution in [1.82, 2.24) is 4.90 Å². The normalized spacial score (nSPS) is 19.2. The van der Waals surface area contributed by atoms with Crippen molar-refractivity contribution in [2.24, 2.45) is 5.92 Å². The standard InChI is InChI=1S/C16H23NO3/c1-3-4-12-7-8-17(10-12)11-14-9-13(16(18)19)5-6-15(14)20-2/h5-6,9,12H,3-4,7-8,10-11H2,1-2H3,(H,18,19). The van der Waals surface area contributed by atoms with E-state index in [4.69, 9.17) is 9.84 Å². The molecule has 110 valence electrons. The maximum absolute atomic E-state index is 11.1. The van der Waals surface area contributed by atoms with E-state index in [0.717, 1.165) is 36.9 Å². The predicted octanol–water partition coefficient (Wildman–Crippen LogP) is 3.02. The van der Waals surface area contributed by atoms with Crippen molar-refractivity contribution in [2.75, 3.05) is 20.2 Å². The summed E-state index contributed by atoms with van der Waals surface area (Å²) in [5, 5.41) is 9.09. The summed E-state index contributed by atoms with van der Waals surface area (Å²) in [6.07, 6.45) is 3.76. The third kappa shape index (κ3) is 3.51. The fourth-order valence-electron chi connectivity index (χ4n) is 2.98. The van der Waals surface area contributed by atoms with Crippen LogP contribution in [-0.2, 0) is 6.54 Å². The third-order valence-electron chi connectivity index (χ3n) is 3.99. The highest BCUT2D eigenvalue weighted by molar-refractivity contribution is 5.88. The van der Waals surface area contributed by atoms with Gasteiger partial charge < -0.3 is 9.84 Å². The van der Waals surface area contributed by atoms with Gasteiger partial charge in [0.15, 0.2) is 0 Å². The lowest BCUT2D eigenvalue weighted by atomic mass is 10.0. The summed E-state index contributed by atoms with van der Waals surface area (Å²) in [4.78, 5) is 13.5. The zero-order chi connectivity index (χ0) is 14.5. The van der Waals surface area contributed by atoms with Crippen molar-refractivity contribution in [2.45, 2.75) is 32.7 Å². The van der Waals surface area contributed by atoms with Gasteiger partial charge in [-0.2, -0.15) is 0 Å². The van der Waals surface area contributed by atoms with Crippen molar-refractivity contribution < 1.29 is 14.6 Å². The number of carboxylic acids is 1. The largest absolute Gasteiger partial charge is 0.496 e. The minimum atomic E-state index is -0.890. The molecule has 20 heavy (non-hydrogen) atoms. The molecular formula is C16H23NO3. The topological polar surface area (TPSA) is 49.8 Å². The van der Waals surface area contributed by atoms with E-state index in [2.05, 4.69) is 11.8 Å². The lowest BCUT2D eigenvalue weighted by molar-refractivity contribution is 0.0696. The molecule has 0 saturated carbocycles. The Bertz CT molecular complexity index is 473. The zero-order valence-corrected chi connectivity index (χ0v) is 12.3. The Hall–Kier alpha value is -1.55. The number of carbonyl (C=O) groups is 1. The van der Waals surface area contributed by atoms with Gasteiger partial charge in [-0.15, -0.1) is 0 Å². The van der Waals surface area contributed by atoms with Crippen LogP contribution in [0.1, 0.15) is 42.1 Å². The fraction of sp³-hybridized carbons (Fsp3) is 0.562. The fourth-order valence-corrected chi connectivity index (χ4v) is 2.98. The zero-order valence-electron chi connectivity index (χ0n) is 12.3. The van der Waals surface area contributed by atoms with E-state index in [9.17, 15) is 4.79 Å². The molecule has 0 bridgehead atoms. The molecule has 0 aliphatic carbocycles. The van der Waals surface area contributed by atoms with Crippen LogP contribution in [0.5, 0.6) is 5.75 Å². The Labute approximate surface area is 120 Å². The van der Waals surface area contributed by atoms with E-state index in [1.807, 2.05) is 0 Å². The number of aromatic carboxylic acids is 1. The van der Waals surface area contributed by atoms with Gasteiger partial charge in [-0.05, 0) is 43.5 Å². The molecule has 1 N–H and O–H groups in total. The summed E-state index contributed by atoms with van der Waals surface area (Å²) in [6, 6.07) is 5.07. The summed E-state index contributed by atoms with van der Waals surface area (Å²) in [7, 11) is 1.63. The molecule has 0 aromatic heterocycles. The first-order valence-electron chi connectivity index (χ1n) is 7.26. The quantitative estimate of drug-likeness (QED) is 0.868. The summed E-state index contributed by atoms with van der Waals surface area (Å²) >= 11 is 0. The molecule has 1 aromatic carbocycles. The Balaban J connectivity index is 2.08. The lowest BCUT2D eigenvalue weighted by Gasteiger charge is -2.18. The summed E-state index contributed by atoms with van der Waals surface area (Å²) in [6.45, 7) is 5.19. The summed E-state index contributed by atoms with van der Waals surface area (Å²) in [5.74, 6) is 0.668. The molecule has 1 aliphatic heterocycles. The van der Waals surface area contributed by atoms with Crippen LogP contribution < -0.4 is 4.74 Å². The average molecular weight is 277 g/mol. The molecule has 1 aromatic rings. The third-order valence-corrected chi connectivity index (χ3v) is 3.99. The van der Waals surface area contributed by atoms with Gasteiger partial charge in [-0.25, -0.2) is 4.79 Å². The van der Waals surface area contributed by atoms with Gasteiger partial charge >= 0.3 is 5.97 Å². The molecule has 4 heteroatoms. The van der Waals surface area contributed by atoms with Crippen molar-refractivity contribution in [1.29, 1.82) is 0 Å². The molecule has 4 nitrogen and oxygen atoms in total. The van der Waals surface area contributed by atoms with Gasteiger partial charge in [0.05, 0.1) is 12.7 Å². The van der Waals surface area contributed by atoms with E-state index in [0.29, 0.717) is 5.56 Å². The van der Waals surface area contributed by atoms with E-state index >= 15 is 0 Å². The highest BCUT2D eigenvalue weighted by Crippen LogP contribution is 2.26. The second kappa shape index (κ2) is 6.75. The van der Waals surface area contributed by atoms with Gasteiger partial charge in [0, 0.05) is 18.7 Å². The van der Waals surface area contributed by atoms with Crippen molar-refractivity contribution in [3.05, 3.63) is 29.3 Å². The SMILES string of the molecule is CCCC1CCN(Cc2cc(C(=O)O)ccc2OC)C1. The van der Waals surface area contributed by atoms with Gasteiger partial charge in [-0.1, -0.05) is 13.3 Å². The molecule has 1 fully saturated rings. The molecular weight excluding hydrogens is 254 g/mol. The Morgan fingerprint density at radius 1 is 1.50 bits per heavy atom. The van der Waals surface area contributed by atoms with Gasteiger partial charge in [0.2, 0.25) is 0 Å². The van der Waals surface area contributed by atoms with Gasteiger partial charge in [-0.3, -0.25) is 4.90 Å². The van der Waals surface area contributed by atoms with Crippen LogP contribution in [0.15, 0.2) is 18.2 Å². The van der Waals surface area contributed by atoms with E-state index in [-0.39, 0.29) is 0 Å². The van der Waals surface area contributed by atoms with E-state index < -0.39 is 5.97 Å². The van der Waals surface area contributed by atoms with Crippen LogP contribution >= 0.6 is 0 Å². The number of likely N-dealkylation sites (tertiary alicyclic amines) is 1. The maximum atomic E-state index is 11.1.